The first-order valence-corrected chi connectivity index (χ1v) is 6.06. The zero-order valence-electron chi connectivity index (χ0n) is 11.0. The van der Waals surface area contributed by atoms with Gasteiger partial charge in [-0.25, -0.2) is 4.79 Å². The number of urea groups is 1. The zero-order chi connectivity index (χ0) is 14.3. The molecule has 0 saturated carbocycles. The number of amides is 2. The van der Waals surface area contributed by atoms with Crippen molar-refractivity contribution >= 4 is 6.03 Å². The van der Waals surface area contributed by atoms with Gasteiger partial charge in [0.25, 0.3) is 5.95 Å². The summed E-state index contributed by atoms with van der Waals surface area (Å²) in [6.07, 6.45) is 2.00. The molecule has 0 fully saturated rings. The molecule has 6 heteroatoms. The SMILES string of the molecule is CCCCOc1ccc(C#CC(C)N(O)C(N)=O)o1. The Bertz CT molecular complexity index is 472. The number of carbonyl (C=O) groups excluding carboxylic acids is 1. The molecule has 2 amide bonds. The molecule has 1 aromatic heterocycles. The van der Waals surface area contributed by atoms with Gasteiger partial charge in [0.1, 0.15) is 6.04 Å². The molecular formula is C13H18N2O4. The van der Waals surface area contributed by atoms with Crippen LogP contribution in [0.5, 0.6) is 5.95 Å². The van der Waals surface area contributed by atoms with Gasteiger partial charge < -0.3 is 14.9 Å². The second kappa shape index (κ2) is 7.34. The number of hydroxylamine groups is 2. The summed E-state index contributed by atoms with van der Waals surface area (Å²) in [4.78, 5) is 10.7. The normalized spacial score (nSPS) is 11.3. The highest BCUT2D eigenvalue weighted by Gasteiger charge is 2.11. The van der Waals surface area contributed by atoms with E-state index in [1.807, 2.05) is 0 Å². The molecule has 0 aromatic carbocycles. The summed E-state index contributed by atoms with van der Waals surface area (Å²) in [6.45, 7) is 4.21. The molecule has 0 radical (unpaired) electrons. The van der Waals surface area contributed by atoms with E-state index in [-0.39, 0.29) is 0 Å². The average Bonchev–Trinajstić information content (AvgIpc) is 2.83. The molecule has 3 N–H and O–H groups in total. The van der Waals surface area contributed by atoms with Crippen molar-refractivity contribution in [2.45, 2.75) is 32.7 Å². The smallest absolute Gasteiger partial charge is 0.339 e. The Morgan fingerprint density at radius 1 is 1.63 bits per heavy atom. The molecule has 1 atom stereocenters. The first-order chi connectivity index (χ1) is 9.04. The fraction of sp³-hybridized carbons (Fsp3) is 0.462. The van der Waals surface area contributed by atoms with Gasteiger partial charge in [0.2, 0.25) is 0 Å². The Labute approximate surface area is 112 Å². The van der Waals surface area contributed by atoms with Gasteiger partial charge in [-0.1, -0.05) is 19.3 Å². The number of nitrogens with zero attached hydrogens (tertiary/aromatic N) is 1. The number of unbranched alkanes of at least 4 members (excludes halogenated alkanes) is 1. The molecule has 6 nitrogen and oxygen atoms in total. The number of ether oxygens (including phenoxy) is 1. The lowest BCUT2D eigenvalue weighted by Crippen LogP contribution is -2.38. The van der Waals surface area contributed by atoms with Gasteiger partial charge in [0.05, 0.1) is 6.61 Å². The minimum Gasteiger partial charge on any atom is -0.465 e. The standard InChI is InChI=1S/C13H18N2O4/c1-3-4-9-18-12-8-7-11(19-12)6-5-10(2)15(17)13(14)16/h7-8,10,17H,3-4,9H2,1-2H3,(H2,14,16). The number of carbonyl (C=O) groups is 1. The van der Waals surface area contributed by atoms with Crippen molar-refractivity contribution in [2.24, 2.45) is 5.73 Å². The number of hydrogen-bond acceptors (Lipinski definition) is 4. The lowest BCUT2D eigenvalue weighted by molar-refractivity contribution is -0.0536. The van der Waals surface area contributed by atoms with E-state index < -0.39 is 12.1 Å². The Morgan fingerprint density at radius 3 is 3.00 bits per heavy atom. The number of primary amides is 1. The Kier molecular flexibility index (Phi) is 5.76. The molecule has 19 heavy (non-hydrogen) atoms. The van der Waals surface area contributed by atoms with Crippen LogP contribution in [0.15, 0.2) is 16.5 Å². The molecule has 1 aromatic rings. The Balaban J connectivity index is 2.56. The predicted molar refractivity (Wildman–Crippen MR) is 68.7 cm³/mol. The summed E-state index contributed by atoms with van der Waals surface area (Å²) in [5, 5.41) is 9.58. The quantitative estimate of drug-likeness (QED) is 0.369. The van der Waals surface area contributed by atoms with Crippen molar-refractivity contribution in [1.82, 2.24) is 5.06 Å². The number of rotatable bonds is 5. The van der Waals surface area contributed by atoms with Crippen LogP contribution in [-0.4, -0.2) is 29.0 Å². The second-order valence-electron chi connectivity index (χ2n) is 3.95. The van der Waals surface area contributed by atoms with Crippen LogP contribution in [0, 0.1) is 11.8 Å². The molecule has 0 aliphatic rings. The number of nitrogens with two attached hydrogens (primary N) is 1. The fourth-order valence-corrected chi connectivity index (χ4v) is 1.21. The van der Waals surface area contributed by atoms with Gasteiger partial charge >= 0.3 is 6.03 Å². The van der Waals surface area contributed by atoms with Crippen molar-refractivity contribution in [3.05, 3.63) is 17.9 Å². The maximum atomic E-state index is 10.7. The molecule has 0 bridgehead atoms. The minimum atomic E-state index is -0.954. The Morgan fingerprint density at radius 2 is 2.37 bits per heavy atom. The second-order valence-corrected chi connectivity index (χ2v) is 3.95. The summed E-state index contributed by atoms with van der Waals surface area (Å²) >= 11 is 0. The summed E-state index contributed by atoms with van der Waals surface area (Å²) in [6, 6.07) is 1.67. The van der Waals surface area contributed by atoms with Crippen LogP contribution in [0.1, 0.15) is 32.4 Å². The van der Waals surface area contributed by atoms with Gasteiger partial charge in [0, 0.05) is 6.07 Å². The molecular weight excluding hydrogens is 248 g/mol. The van der Waals surface area contributed by atoms with Crippen LogP contribution < -0.4 is 10.5 Å². The molecule has 1 unspecified atom stereocenters. The monoisotopic (exact) mass is 266 g/mol. The van der Waals surface area contributed by atoms with Crippen LogP contribution >= 0.6 is 0 Å². The molecule has 0 aliphatic heterocycles. The van der Waals surface area contributed by atoms with Gasteiger partial charge in [-0.15, -0.1) is 0 Å². The summed E-state index contributed by atoms with van der Waals surface area (Å²) in [5.41, 5.74) is 4.90. The van der Waals surface area contributed by atoms with Gasteiger partial charge in [-0.2, -0.15) is 5.06 Å². The number of furan rings is 1. The molecule has 1 heterocycles. The summed E-state index contributed by atoms with van der Waals surface area (Å²) < 4.78 is 10.7. The largest absolute Gasteiger partial charge is 0.465 e. The third-order valence-corrected chi connectivity index (χ3v) is 2.32. The van der Waals surface area contributed by atoms with E-state index in [0.29, 0.717) is 23.4 Å². The van der Waals surface area contributed by atoms with E-state index in [4.69, 9.17) is 14.9 Å². The predicted octanol–water partition coefficient (Wildman–Crippen LogP) is 1.97. The van der Waals surface area contributed by atoms with E-state index in [1.165, 1.54) is 0 Å². The van der Waals surface area contributed by atoms with Gasteiger partial charge in [-0.05, 0) is 25.3 Å². The first kappa shape index (κ1) is 14.9. The molecule has 0 saturated heterocycles. The van der Waals surface area contributed by atoms with E-state index in [2.05, 4.69) is 18.8 Å². The maximum absolute atomic E-state index is 10.7. The van der Waals surface area contributed by atoms with Crippen LogP contribution in [-0.2, 0) is 0 Å². The van der Waals surface area contributed by atoms with Crippen LogP contribution in [0.2, 0.25) is 0 Å². The van der Waals surface area contributed by atoms with E-state index in [1.54, 1.807) is 19.1 Å². The highest BCUT2D eigenvalue weighted by Crippen LogP contribution is 2.15. The highest BCUT2D eigenvalue weighted by atomic mass is 16.6. The van der Waals surface area contributed by atoms with Crippen molar-refractivity contribution < 1.29 is 19.2 Å². The molecule has 1 rings (SSSR count). The summed E-state index contributed by atoms with van der Waals surface area (Å²) in [5.74, 6) is 6.12. The van der Waals surface area contributed by atoms with Gasteiger partial charge in [-0.3, -0.25) is 5.21 Å². The van der Waals surface area contributed by atoms with E-state index in [9.17, 15) is 10.0 Å². The van der Waals surface area contributed by atoms with Crippen molar-refractivity contribution in [1.29, 1.82) is 0 Å². The first-order valence-electron chi connectivity index (χ1n) is 6.06. The summed E-state index contributed by atoms with van der Waals surface area (Å²) in [7, 11) is 0. The van der Waals surface area contributed by atoms with Crippen molar-refractivity contribution in [2.75, 3.05) is 6.61 Å². The van der Waals surface area contributed by atoms with Crippen molar-refractivity contribution in [3.63, 3.8) is 0 Å². The third kappa shape index (κ3) is 4.94. The molecule has 0 aliphatic carbocycles. The van der Waals surface area contributed by atoms with Gasteiger partial charge in [0.15, 0.2) is 5.76 Å². The van der Waals surface area contributed by atoms with Crippen LogP contribution in [0.25, 0.3) is 0 Å². The third-order valence-electron chi connectivity index (χ3n) is 2.32. The lowest BCUT2D eigenvalue weighted by Gasteiger charge is -2.14. The topological polar surface area (TPSA) is 88.9 Å². The molecule has 0 spiro atoms. The van der Waals surface area contributed by atoms with E-state index in [0.717, 1.165) is 12.8 Å². The van der Waals surface area contributed by atoms with Crippen LogP contribution in [0.3, 0.4) is 0 Å². The highest BCUT2D eigenvalue weighted by molar-refractivity contribution is 5.71. The minimum absolute atomic E-state index is 0.356. The Hall–Kier alpha value is -2.13. The van der Waals surface area contributed by atoms with E-state index >= 15 is 0 Å². The lowest BCUT2D eigenvalue weighted by atomic mass is 10.3. The maximum Gasteiger partial charge on any atom is 0.339 e. The number of hydrogen-bond donors (Lipinski definition) is 2. The molecule has 104 valence electrons. The fourth-order valence-electron chi connectivity index (χ4n) is 1.21. The average molecular weight is 266 g/mol. The zero-order valence-corrected chi connectivity index (χ0v) is 11.0. The van der Waals surface area contributed by atoms with Crippen molar-refractivity contribution in [3.8, 4) is 17.8 Å². The van der Waals surface area contributed by atoms with Crippen LogP contribution in [0.4, 0.5) is 4.79 Å².